The standard InChI is InChI=1S/C16H20ClN5O/c17-14-12-9-18-15(19-11-1-3-23-4-2-11)21-22(12)13(20-14)8-16-5-10(6-16)7-16/h9-11H,1-8H2,(H,19,21). The predicted molar refractivity (Wildman–Crippen MR) is 86.7 cm³/mol. The second-order valence-electron chi connectivity index (χ2n) is 7.38. The molecule has 2 aromatic heterocycles. The minimum absolute atomic E-state index is 0.376. The molecule has 122 valence electrons. The fourth-order valence-electron chi connectivity index (χ4n) is 4.32. The van der Waals surface area contributed by atoms with Crippen molar-refractivity contribution in [1.29, 1.82) is 0 Å². The minimum atomic E-state index is 0.376. The predicted octanol–water partition coefficient (Wildman–Crippen LogP) is 2.71. The van der Waals surface area contributed by atoms with Gasteiger partial charge in [-0.15, -0.1) is 5.10 Å². The quantitative estimate of drug-likeness (QED) is 0.932. The number of anilines is 1. The number of nitrogens with zero attached hydrogens (tertiary/aromatic N) is 4. The van der Waals surface area contributed by atoms with Gasteiger partial charge in [0.15, 0.2) is 5.15 Å². The number of fused-ring (bicyclic) bond motifs is 1. The van der Waals surface area contributed by atoms with E-state index in [1.807, 2.05) is 4.52 Å². The molecule has 6 rings (SSSR count). The number of aromatic nitrogens is 4. The van der Waals surface area contributed by atoms with E-state index in [4.69, 9.17) is 16.3 Å². The molecule has 0 radical (unpaired) electrons. The Hall–Kier alpha value is -1.40. The first-order valence-corrected chi connectivity index (χ1v) is 8.83. The van der Waals surface area contributed by atoms with Crippen molar-refractivity contribution in [3.05, 3.63) is 17.2 Å². The topological polar surface area (TPSA) is 64.3 Å². The second-order valence-corrected chi connectivity index (χ2v) is 7.74. The third kappa shape index (κ3) is 2.31. The molecular formula is C16H20ClN5O. The number of hydrogen-bond donors (Lipinski definition) is 1. The third-order valence-corrected chi connectivity index (χ3v) is 5.95. The van der Waals surface area contributed by atoms with Crippen LogP contribution in [0.4, 0.5) is 5.95 Å². The second kappa shape index (κ2) is 5.05. The maximum Gasteiger partial charge on any atom is 0.241 e. The Morgan fingerprint density at radius 2 is 2.09 bits per heavy atom. The molecule has 3 aliphatic carbocycles. The molecule has 0 aromatic carbocycles. The molecule has 0 amide bonds. The Balaban J connectivity index is 1.43. The highest BCUT2D eigenvalue weighted by Crippen LogP contribution is 2.65. The Labute approximate surface area is 139 Å². The van der Waals surface area contributed by atoms with E-state index >= 15 is 0 Å². The number of imidazole rings is 1. The van der Waals surface area contributed by atoms with E-state index in [0.29, 0.717) is 22.6 Å². The number of rotatable bonds is 4. The van der Waals surface area contributed by atoms with Crippen molar-refractivity contribution in [1.82, 2.24) is 19.6 Å². The van der Waals surface area contributed by atoms with E-state index in [-0.39, 0.29) is 0 Å². The Kier molecular flexibility index (Phi) is 3.07. The molecule has 7 heteroatoms. The van der Waals surface area contributed by atoms with Crippen LogP contribution in [-0.2, 0) is 11.2 Å². The molecule has 1 aliphatic heterocycles. The number of nitrogens with one attached hydrogen (secondary N) is 1. The van der Waals surface area contributed by atoms with Gasteiger partial charge in [-0.05, 0) is 43.4 Å². The van der Waals surface area contributed by atoms with Gasteiger partial charge in [0.2, 0.25) is 5.95 Å². The van der Waals surface area contributed by atoms with Crippen LogP contribution in [0, 0.1) is 11.3 Å². The summed E-state index contributed by atoms with van der Waals surface area (Å²) in [5, 5.41) is 8.58. The van der Waals surface area contributed by atoms with Crippen LogP contribution in [0.5, 0.6) is 0 Å². The van der Waals surface area contributed by atoms with E-state index in [0.717, 1.165) is 49.7 Å². The molecule has 3 saturated carbocycles. The van der Waals surface area contributed by atoms with Crippen LogP contribution >= 0.6 is 11.6 Å². The molecular weight excluding hydrogens is 314 g/mol. The zero-order valence-electron chi connectivity index (χ0n) is 13.0. The third-order valence-electron chi connectivity index (χ3n) is 5.67. The zero-order valence-corrected chi connectivity index (χ0v) is 13.7. The minimum Gasteiger partial charge on any atom is -0.381 e. The highest BCUT2D eigenvalue weighted by atomic mass is 35.5. The SMILES string of the molecule is Clc1nc(CC23CC(C2)C3)n2nc(NC3CCOCC3)ncc12. The average molecular weight is 334 g/mol. The number of hydrogen-bond acceptors (Lipinski definition) is 5. The molecule has 0 unspecified atom stereocenters. The highest BCUT2D eigenvalue weighted by Gasteiger charge is 2.56. The normalized spacial score (nSPS) is 30.0. The van der Waals surface area contributed by atoms with E-state index in [9.17, 15) is 0 Å². The van der Waals surface area contributed by atoms with Crippen molar-refractivity contribution in [2.45, 2.75) is 44.6 Å². The van der Waals surface area contributed by atoms with Gasteiger partial charge in [0, 0.05) is 25.7 Å². The van der Waals surface area contributed by atoms with Gasteiger partial charge >= 0.3 is 0 Å². The molecule has 2 bridgehead atoms. The van der Waals surface area contributed by atoms with E-state index in [1.54, 1.807) is 6.20 Å². The summed E-state index contributed by atoms with van der Waals surface area (Å²) < 4.78 is 7.28. The lowest BCUT2D eigenvalue weighted by Gasteiger charge is -2.62. The van der Waals surface area contributed by atoms with Crippen LogP contribution in [0.3, 0.4) is 0 Å². The van der Waals surface area contributed by atoms with Crippen LogP contribution in [0.1, 0.15) is 37.9 Å². The van der Waals surface area contributed by atoms with Gasteiger partial charge in [0.25, 0.3) is 0 Å². The molecule has 0 spiro atoms. The van der Waals surface area contributed by atoms with Gasteiger partial charge in [-0.3, -0.25) is 0 Å². The largest absolute Gasteiger partial charge is 0.381 e. The van der Waals surface area contributed by atoms with Gasteiger partial charge in [0.05, 0.1) is 6.20 Å². The molecule has 2 aromatic rings. The van der Waals surface area contributed by atoms with Crippen LogP contribution in [0.2, 0.25) is 5.15 Å². The molecule has 4 fully saturated rings. The maximum atomic E-state index is 6.28. The molecule has 1 saturated heterocycles. The summed E-state index contributed by atoms with van der Waals surface area (Å²) in [5.74, 6) is 2.59. The lowest BCUT2D eigenvalue weighted by atomic mass is 9.43. The number of halogens is 1. The summed E-state index contributed by atoms with van der Waals surface area (Å²) in [6, 6.07) is 0.376. The molecule has 4 aliphatic rings. The Morgan fingerprint density at radius 1 is 1.30 bits per heavy atom. The Bertz CT molecular complexity index is 737. The van der Waals surface area contributed by atoms with Gasteiger partial charge < -0.3 is 10.1 Å². The molecule has 0 atom stereocenters. The van der Waals surface area contributed by atoms with E-state index < -0.39 is 0 Å². The van der Waals surface area contributed by atoms with Crippen molar-refractivity contribution in [2.24, 2.45) is 11.3 Å². The number of ether oxygens (including phenoxy) is 1. The summed E-state index contributed by atoms with van der Waals surface area (Å²) in [7, 11) is 0. The van der Waals surface area contributed by atoms with Gasteiger partial charge in [-0.2, -0.15) is 0 Å². The van der Waals surface area contributed by atoms with Crippen molar-refractivity contribution in [3.8, 4) is 0 Å². The lowest BCUT2D eigenvalue weighted by Crippen LogP contribution is -2.53. The first-order valence-electron chi connectivity index (χ1n) is 8.45. The Morgan fingerprint density at radius 3 is 2.78 bits per heavy atom. The highest BCUT2D eigenvalue weighted by molar-refractivity contribution is 6.32. The van der Waals surface area contributed by atoms with Gasteiger partial charge in [-0.1, -0.05) is 11.6 Å². The first kappa shape index (κ1) is 14.0. The summed E-state index contributed by atoms with van der Waals surface area (Å²) in [4.78, 5) is 8.95. The van der Waals surface area contributed by atoms with Crippen molar-refractivity contribution >= 4 is 23.1 Å². The summed E-state index contributed by atoms with van der Waals surface area (Å²) in [6.07, 6.45) is 8.76. The lowest BCUT2D eigenvalue weighted by molar-refractivity contribution is -0.106. The van der Waals surface area contributed by atoms with Crippen LogP contribution < -0.4 is 5.32 Å². The monoisotopic (exact) mass is 333 g/mol. The summed E-state index contributed by atoms with van der Waals surface area (Å²) in [6.45, 7) is 1.59. The van der Waals surface area contributed by atoms with Crippen molar-refractivity contribution in [3.63, 3.8) is 0 Å². The van der Waals surface area contributed by atoms with E-state index in [2.05, 4.69) is 20.4 Å². The molecule has 6 nitrogen and oxygen atoms in total. The molecule has 3 heterocycles. The van der Waals surface area contributed by atoms with Gasteiger partial charge in [0.1, 0.15) is 11.3 Å². The fraction of sp³-hybridized carbons (Fsp3) is 0.688. The van der Waals surface area contributed by atoms with Crippen LogP contribution in [0.15, 0.2) is 6.20 Å². The first-order chi connectivity index (χ1) is 11.2. The van der Waals surface area contributed by atoms with Crippen LogP contribution in [0.25, 0.3) is 5.52 Å². The van der Waals surface area contributed by atoms with Gasteiger partial charge in [-0.25, -0.2) is 14.5 Å². The van der Waals surface area contributed by atoms with Crippen molar-refractivity contribution in [2.75, 3.05) is 18.5 Å². The maximum absolute atomic E-state index is 6.28. The average Bonchev–Trinajstić information content (AvgIpc) is 2.79. The smallest absolute Gasteiger partial charge is 0.241 e. The van der Waals surface area contributed by atoms with Crippen LogP contribution in [-0.4, -0.2) is 38.8 Å². The summed E-state index contributed by atoms with van der Waals surface area (Å²) in [5.41, 5.74) is 1.28. The molecule has 1 N–H and O–H groups in total. The van der Waals surface area contributed by atoms with E-state index in [1.165, 1.54) is 19.3 Å². The fourth-order valence-corrected chi connectivity index (χ4v) is 4.55. The zero-order chi connectivity index (χ0) is 15.4. The van der Waals surface area contributed by atoms with Crippen molar-refractivity contribution < 1.29 is 4.74 Å². The summed E-state index contributed by atoms with van der Waals surface area (Å²) >= 11 is 6.28. The molecule has 23 heavy (non-hydrogen) atoms.